The highest BCUT2D eigenvalue weighted by molar-refractivity contribution is 5.84. The first kappa shape index (κ1) is 18.7. The zero-order valence-corrected chi connectivity index (χ0v) is 16.4. The molecule has 5 rings (SSSR count). The van der Waals surface area contributed by atoms with E-state index in [1.54, 1.807) is 11.8 Å². The molecule has 2 amide bonds. The fourth-order valence-electron chi connectivity index (χ4n) is 4.49. The summed E-state index contributed by atoms with van der Waals surface area (Å²) in [6.45, 7) is 5.46. The highest BCUT2D eigenvalue weighted by atomic mass is 16.2. The summed E-state index contributed by atoms with van der Waals surface area (Å²) in [7, 11) is 0. The quantitative estimate of drug-likeness (QED) is 0.804. The predicted molar refractivity (Wildman–Crippen MR) is 106 cm³/mol. The molecule has 2 bridgehead atoms. The summed E-state index contributed by atoms with van der Waals surface area (Å²) >= 11 is 0. The van der Waals surface area contributed by atoms with Crippen molar-refractivity contribution in [3.05, 3.63) is 40.3 Å². The van der Waals surface area contributed by atoms with E-state index in [-0.39, 0.29) is 35.9 Å². The Morgan fingerprint density at radius 2 is 1.96 bits per heavy atom. The van der Waals surface area contributed by atoms with Crippen LogP contribution in [0.3, 0.4) is 0 Å². The lowest BCUT2D eigenvalue weighted by Gasteiger charge is -2.35. The first-order valence-corrected chi connectivity index (χ1v) is 10.0. The van der Waals surface area contributed by atoms with Crippen LogP contribution in [0.1, 0.15) is 31.9 Å². The van der Waals surface area contributed by atoms with Crippen molar-refractivity contribution in [2.45, 2.75) is 45.7 Å². The molecular formula is C21H26N4O3. The Bertz CT molecular complexity index is 983. The van der Waals surface area contributed by atoms with Crippen molar-refractivity contribution >= 4 is 22.8 Å². The molecule has 7 nitrogen and oxygen atoms in total. The van der Waals surface area contributed by atoms with Gasteiger partial charge < -0.3 is 9.80 Å². The smallest absolute Gasteiger partial charge is 0.272 e. The fraction of sp³-hybridized carbons (Fsp3) is 0.524. The fourth-order valence-corrected chi connectivity index (χ4v) is 4.49. The molecule has 0 spiro atoms. The summed E-state index contributed by atoms with van der Waals surface area (Å²) in [4.78, 5) is 46.6. The van der Waals surface area contributed by atoms with Gasteiger partial charge in [0.05, 0.1) is 17.0 Å². The predicted octanol–water partition coefficient (Wildman–Crippen LogP) is 1.56. The van der Waals surface area contributed by atoms with Gasteiger partial charge in [0.2, 0.25) is 11.8 Å². The highest BCUT2D eigenvalue weighted by Gasteiger charge is 2.41. The van der Waals surface area contributed by atoms with Crippen LogP contribution in [0.4, 0.5) is 0 Å². The first-order chi connectivity index (χ1) is 13.5. The van der Waals surface area contributed by atoms with E-state index in [4.69, 9.17) is 0 Å². The van der Waals surface area contributed by atoms with Crippen LogP contribution in [-0.4, -0.2) is 56.8 Å². The van der Waals surface area contributed by atoms with Crippen molar-refractivity contribution < 1.29 is 9.59 Å². The van der Waals surface area contributed by atoms with Crippen molar-refractivity contribution in [1.82, 2.24) is 19.4 Å². The molecule has 0 radical (unpaired) electrons. The average molecular weight is 382 g/mol. The van der Waals surface area contributed by atoms with Crippen LogP contribution in [0.25, 0.3) is 11.0 Å². The Kier molecular flexibility index (Phi) is 4.91. The lowest BCUT2D eigenvalue weighted by atomic mass is 9.94. The Hall–Kier alpha value is -2.70. The SMILES string of the molecule is CCCN1C(=O)[C@H]2CC[C@@H]1CN(C(=O)Cn1c(=O)c(C)nc3ccccc31)C2. The summed E-state index contributed by atoms with van der Waals surface area (Å²) in [6.07, 6.45) is 2.70. The van der Waals surface area contributed by atoms with E-state index in [0.717, 1.165) is 25.8 Å². The summed E-state index contributed by atoms with van der Waals surface area (Å²) in [5.41, 5.74) is 1.50. The van der Waals surface area contributed by atoms with Crippen molar-refractivity contribution in [2.24, 2.45) is 5.92 Å². The number of carbonyl (C=O) groups excluding carboxylic acids is 2. The van der Waals surface area contributed by atoms with Gasteiger partial charge in [-0.1, -0.05) is 19.1 Å². The third-order valence-electron chi connectivity index (χ3n) is 5.92. The lowest BCUT2D eigenvalue weighted by Crippen LogP contribution is -2.48. The van der Waals surface area contributed by atoms with Crippen molar-refractivity contribution in [2.75, 3.05) is 19.6 Å². The minimum atomic E-state index is -0.242. The second kappa shape index (κ2) is 7.37. The maximum absolute atomic E-state index is 13.1. The van der Waals surface area contributed by atoms with E-state index in [1.807, 2.05) is 29.2 Å². The minimum Gasteiger partial charge on any atom is -0.338 e. The molecule has 4 heterocycles. The molecule has 2 atom stereocenters. The number of para-hydroxylation sites is 2. The van der Waals surface area contributed by atoms with Crippen LogP contribution in [0.5, 0.6) is 0 Å². The number of amides is 2. The van der Waals surface area contributed by atoms with Crippen molar-refractivity contribution in [3.63, 3.8) is 0 Å². The first-order valence-electron chi connectivity index (χ1n) is 10.0. The standard InChI is InChI=1S/C21H26N4O3/c1-3-10-24-16-9-8-15(21(24)28)11-23(12-16)19(26)13-25-18-7-5-4-6-17(18)22-14(2)20(25)27/h4-7,15-16H,3,8-13H2,1-2H3/t15-,16+/m0/s1. The number of hydrogen-bond acceptors (Lipinski definition) is 4. The van der Waals surface area contributed by atoms with Gasteiger partial charge in [-0.25, -0.2) is 4.98 Å². The number of carbonyl (C=O) groups is 2. The normalized spacial score (nSPS) is 22.0. The molecule has 1 aromatic heterocycles. The van der Waals surface area contributed by atoms with E-state index in [1.165, 1.54) is 4.57 Å². The number of aromatic nitrogens is 2. The molecule has 3 aliphatic rings. The molecule has 28 heavy (non-hydrogen) atoms. The lowest BCUT2D eigenvalue weighted by molar-refractivity contribution is -0.139. The van der Waals surface area contributed by atoms with Crippen LogP contribution < -0.4 is 5.56 Å². The third-order valence-corrected chi connectivity index (χ3v) is 5.92. The van der Waals surface area contributed by atoms with Gasteiger partial charge in [-0.05, 0) is 38.3 Å². The van der Waals surface area contributed by atoms with Gasteiger partial charge >= 0.3 is 0 Å². The van der Waals surface area contributed by atoms with Gasteiger partial charge in [-0.3, -0.25) is 19.0 Å². The molecule has 3 aliphatic heterocycles. The molecule has 7 heteroatoms. The maximum atomic E-state index is 13.1. The monoisotopic (exact) mass is 382 g/mol. The van der Waals surface area contributed by atoms with Crippen LogP contribution in [-0.2, 0) is 16.1 Å². The molecular weight excluding hydrogens is 356 g/mol. The topological polar surface area (TPSA) is 75.5 Å². The summed E-state index contributed by atoms with van der Waals surface area (Å²) in [5, 5.41) is 0. The Morgan fingerprint density at radius 3 is 2.75 bits per heavy atom. The van der Waals surface area contributed by atoms with Crippen molar-refractivity contribution in [1.29, 1.82) is 0 Å². The third kappa shape index (κ3) is 3.19. The van der Waals surface area contributed by atoms with Gasteiger partial charge in [0.15, 0.2) is 0 Å². The van der Waals surface area contributed by atoms with Gasteiger partial charge in [-0.2, -0.15) is 0 Å². The van der Waals surface area contributed by atoms with Crippen LogP contribution >= 0.6 is 0 Å². The Balaban J connectivity index is 1.62. The second-order valence-electron chi connectivity index (χ2n) is 7.84. The zero-order valence-electron chi connectivity index (χ0n) is 16.4. The molecule has 2 aromatic rings. The number of rotatable bonds is 4. The number of nitrogens with zero attached hydrogens (tertiary/aromatic N) is 4. The molecule has 0 saturated carbocycles. The van der Waals surface area contributed by atoms with E-state index in [0.29, 0.717) is 29.8 Å². The second-order valence-corrected chi connectivity index (χ2v) is 7.84. The summed E-state index contributed by atoms with van der Waals surface area (Å²) in [6, 6.07) is 7.45. The van der Waals surface area contributed by atoms with Gasteiger partial charge in [0.1, 0.15) is 12.2 Å². The van der Waals surface area contributed by atoms with E-state index in [9.17, 15) is 14.4 Å². The van der Waals surface area contributed by atoms with Gasteiger partial charge in [0, 0.05) is 25.7 Å². The molecule has 3 fully saturated rings. The number of benzene rings is 1. The Labute approximate surface area is 163 Å². The average Bonchev–Trinajstić information content (AvgIpc) is 2.98. The number of hydrogen-bond donors (Lipinski definition) is 0. The zero-order chi connectivity index (χ0) is 19.8. The van der Waals surface area contributed by atoms with Crippen LogP contribution in [0, 0.1) is 12.8 Å². The van der Waals surface area contributed by atoms with Gasteiger partial charge in [-0.15, -0.1) is 0 Å². The molecule has 3 saturated heterocycles. The summed E-state index contributed by atoms with van der Waals surface area (Å²) in [5.74, 6) is -0.0569. The van der Waals surface area contributed by atoms with Gasteiger partial charge in [0.25, 0.3) is 5.56 Å². The molecule has 148 valence electrons. The van der Waals surface area contributed by atoms with E-state index < -0.39 is 0 Å². The van der Waals surface area contributed by atoms with E-state index >= 15 is 0 Å². The maximum Gasteiger partial charge on any atom is 0.272 e. The molecule has 1 aromatic carbocycles. The van der Waals surface area contributed by atoms with Crippen LogP contribution in [0.15, 0.2) is 29.1 Å². The largest absolute Gasteiger partial charge is 0.338 e. The van der Waals surface area contributed by atoms with Crippen molar-refractivity contribution in [3.8, 4) is 0 Å². The van der Waals surface area contributed by atoms with E-state index in [2.05, 4.69) is 11.9 Å². The summed E-state index contributed by atoms with van der Waals surface area (Å²) < 4.78 is 1.51. The number of aryl methyl sites for hydroxylation is 1. The van der Waals surface area contributed by atoms with Crippen LogP contribution in [0.2, 0.25) is 0 Å². The molecule has 0 N–H and O–H groups in total. The number of piperidine rings is 1. The molecule has 0 unspecified atom stereocenters. The highest BCUT2D eigenvalue weighted by Crippen LogP contribution is 2.29. The molecule has 0 aliphatic carbocycles. The minimum absolute atomic E-state index is 0.0237. The Morgan fingerprint density at radius 1 is 1.18 bits per heavy atom. The number of fused-ring (bicyclic) bond motifs is 5.